The van der Waals surface area contributed by atoms with Crippen molar-refractivity contribution in [3.8, 4) is 0 Å². The average Bonchev–Trinajstić information content (AvgIpc) is 1.86. The van der Waals surface area contributed by atoms with Crippen molar-refractivity contribution in [2.24, 2.45) is 5.41 Å². The molecule has 0 N–H and O–H groups in total. The zero-order valence-electron chi connectivity index (χ0n) is 7.52. The fourth-order valence-corrected chi connectivity index (χ4v) is 0.951. The fourth-order valence-electron chi connectivity index (χ4n) is 0.951. The van der Waals surface area contributed by atoms with Crippen LogP contribution in [0.3, 0.4) is 0 Å². The van der Waals surface area contributed by atoms with Crippen molar-refractivity contribution in [3.63, 3.8) is 0 Å². The van der Waals surface area contributed by atoms with Gasteiger partial charge in [-0.2, -0.15) is 0 Å². The second-order valence-corrected chi connectivity index (χ2v) is 3.98. The largest absolute Gasteiger partial charge is 0.469 e. The maximum absolute atomic E-state index is 5.43. The normalized spacial score (nSPS) is 26.5. The molecular formula is C9H16O2. The number of hydrogen-bond donors (Lipinski definition) is 0. The Balaban J connectivity index is 2.53. The highest BCUT2D eigenvalue weighted by Crippen LogP contribution is 2.28. The van der Waals surface area contributed by atoms with Crippen LogP contribution in [0.15, 0.2) is 12.3 Å². The van der Waals surface area contributed by atoms with E-state index in [4.69, 9.17) is 9.47 Å². The molecule has 1 saturated heterocycles. The molecule has 0 aromatic carbocycles. The highest BCUT2D eigenvalue weighted by atomic mass is 16.7. The lowest BCUT2D eigenvalue weighted by Crippen LogP contribution is -2.35. The molecule has 2 heteroatoms. The molecule has 2 nitrogen and oxygen atoms in total. The Morgan fingerprint density at radius 2 is 2.09 bits per heavy atom. The molecule has 0 spiro atoms. The van der Waals surface area contributed by atoms with Gasteiger partial charge in [-0.05, 0) is 0 Å². The Bertz CT molecular complexity index is 155. The summed E-state index contributed by atoms with van der Waals surface area (Å²) in [6, 6.07) is 0. The minimum absolute atomic E-state index is 0.0450. The van der Waals surface area contributed by atoms with Crippen molar-refractivity contribution in [2.45, 2.75) is 33.5 Å². The van der Waals surface area contributed by atoms with E-state index in [-0.39, 0.29) is 11.7 Å². The van der Waals surface area contributed by atoms with E-state index in [2.05, 4.69) is 27.4 Å². The van der Waals surface area contributed by atoms with E-state index in [0.29, 0.717) is 0 Å². The molecule has 0 aliphatic carbocycles. The number of hydrogen-bond acceptors (Lipinski definition) is 2. The SMILES string of the molecule is C=C1CCO[C@@H](C(C)(C)C)O1. The van der Waals surface area contributed by atoms with Gasteiger partial charge >= 0.3 is 0 Å². The predicted octanol–water partition coefficient (Wildman–Crippen LogP) is 2.31. The average molecular weight is 156 g/mol. The Morgan fingerprint density at radius 3 is 2.45 bits per heavy atom. The molecule has 1 aliphatic heterocycles. The summed E-state index contributed by atoms with van der Waals surface area (Å²) >= 11 is 0. The molecule has 0 unspecified atom stereocenters. The molecule has 64 valence electrons. The fraction of sp³-hybridized carbons (Fsp3) is 0.778. The van der Waals surface area contributed by atoms with Crippen molar-refractivity contribution < 1.29 is 9.47 Å². The molecule has 1 aliphatic rings. The summed E-state index contributed by atoms with van der Waals surface area (Å²) in [7, 11) is 0. The lowest BCUT2D eigenvalue weighted by Gasteiger charge is -2.34. The molecule has 1 rings (SSSR count). The summed E-state index contributed by atoms with van der Waals surface area (Å²) in [5, 5.41) is 0. The van der Waals surface area contributed by atoms with Crippen LogP contribution >= 0.6 is 0 Å². The highest BCUT2D eigenvalue weighted by Gasteiger charge is 2.29. The van der Waals surface area contributed by atoms with Gasteiger partial charge in [-0.3, -0.25) is 0 Å². The first-order chi connectivity index (χ1) is 5.00. The maximum Gasteiger partial charge on any atom is 0.204 e. The summed E-state index contributed by atoms with van der Waals surface area (Å²) in [5.41, 5.74) is 0.0450. The summed E-state index contributed by atoms with van der Waals surface area (Å²) in [5.74, 6) is 0.844. The predicted molar refractivity (Wildman–Crippen MR) is 44.0 cm³/mol. The van der Waals surface area contributed by atoms with E-state index < -0.39 is 0 Å². The Morgan fingerprint density at radius 1 is 1.45 bits per heavy atom. The molecule has 11 heavy (non-hydrogen) atoms. The van der Waals surface area contributed by atoms with Gasteiger partial charge in [0.05, 0.1) is 12.4 Å². The molecule has 0 aromatic heterocycles. The van der Waals surface area contributed by atoms with Gasteiger partial charge in [0.25, 0.3) is 0 Å². The Hall–Kier alpha value is -0.500. The molecule has 0 amide bonds. The van der Waals surface area contributed by atoms with Crippen molar-refractivity contribution in [3.05, 3.63) is 12.3 Å². The summed E-state index contributed by atoms with van der Waals surface area (Å²) in [4.78, 5) is 0. The smallest absolute Gasteiger partial charge is 0.204 e. The molecular weight excluding hydrogens is 140 g/mol. The van der Waals surface area contributed by atoms with Gasteiger partial charge < -0.3 is 9.47 Å². The van der Waals surface area contributed by atoms with Crippen LogP contribution in [0.2, 0.25) is 0 Å². The third-order valence-corrected chi connectivity index (χ3v) is 1.63. The van der Waals surface area contributed by atoms with Crippen LogP contribution in [-0.4, -0.2) is 12.9 Å². The molecule has 0 bridgehead atoms. The van der Waals surface area contributed by atoms with Crippen molar-refractivity contribution in [1.82, 2.24) is 0 Å². The van der Waals surface area contributed by atoms with Crippen LogP contribution in [0.4, 0.5) is 0 Å². The van der Waals surface area contributed by atoms with E-state index in [0.717, 1.165) is 18.8 Å². The van der Waals surface area contributed by atoms with Crippen LogP contribution in [-0.2, 0) is 9.47 Å². The first-order valence-electron chi connectivity index (χ1n) is 3.96. The minimum atomic E-state index is -0.122. The van der Waals surface area contributed by atoms with Crippen LogP contribution in [0.1, 0.15) is 27.2 Å². The summed E-state index contributed by atoms with van der Waals surface area (Å²) < 4.78 is 10.9. The molecule has 0 aromatic rings. The first-order valence-corrected chi connectivity index (χ1v) is 3.96. The molecule has 1 fully saturated rings. The minimum Gasteiger partial charge on any atom is -0.469 e. The number of rotatable bonds is 0. The van der Waals surface area contributed by atoms with Crippen LogP contribution in [0.5, 0.6) is 0 Å². The van der Waals surface area contributed by atoms with Gasteiger partial charge in [0, 0.05) is 11.8 Å². The van der Waals surface area contributed by atoms with Gasteiger partial charge in [-0.1, -0.05) is 27.4 Å². The molecule has 1 atom stereocenters. The zero-order chi connectivity index (χ0) is 8.48. The monoisotopic (exact) mass is 156 g/mol. The zero-order valence-corrected chi connectivity index (χ0v) is 7.52. The summed E-state index contributed by atoms with van der Waals surface area (Å²) in [6.07, 6.45) is 0.704. The summed E-state index contributed by atoms with van der Waals surface area (Å²) in [6.45, 7) is 10.8. The van der Waals surface area contributed by atoms with E-state index in [9.17, 15) is 0 Å². The van der Waals surface area contributed by atoms with Crippen LogP contribution < -0.4 is 0 Å². The van der Waals surface area contributed by atoms with E-state index in [1.165, 1.54) is 0 Å². The lowest BCUT2D eigenvalue weighted by atomic mass is 9.95. The Labute approximate surface area is 68.2 Å². The van der Waals surface area contributed by atoms with Gasteiger partial charge in [-0.15, -0.1) is 0 Å². The number of ether oxygens (including phenoxy) is 2. The van der Waals surface area contributed by atoms with Gasteiger partial charge in [0.15, 0.2) is 0 Å². The third-order valence-electron chi connectivity index (χ3n) is 1.63. The molecule has 1 heterocycles. The van der Waals surface area contributed by atoms with Crippen molar-refractivity contribution in [2.75, 3.05) is 6.61 Å². The van der Waals surface area contributed by atoms with Gasteiger partial charge in [0.1, 0.15) is 0 Å². The van der Waals surface area contributed by atoms with Gasteiger partial charge in [0.2, 0.25) is 6.29 Å². The lowest BCUT2D eigenvalue weighted by molar-refractivity contribution is -0.197. The third kappa shape index (κ3) is 2.22. The van der Waals surface area contributed by atoms with E-state index >= 15 is 0 Å². The second kappa shape index (κ2) is 2.86. The Kier molecular flexibility index (Phi) is 2.23. The van der Waals surface area contributed by atoms with Gasteiger partial charge in [-0.25, -0.2) is 0 Å². The van der Waals surface area contributed by atoms with Crippen molar-refractivity contribution in [1.29, 1.82) is 0 Å². The topological polar surface area (TPSA) is 18.5 Å². The second-order valence-electron chi connectivity index (χ2n) is 3.98. The van der Waals surface area contributed by atoms with Crippen molar-refractivity contribution >= 4 is 0 Å². The standard InChI is InChI=1S/C9H16O2/c1-7-5-6-10-8(11-7)9(2,3)4/h8H,1,5-6H2,2-4H3/t8-/m1/s1. The molecule has 0 saturated carbocycles. The first kappa shape index (κ1) is 8.60. The van der Waals surface area contributed by atoms with Crippen LogP contribution in [0.25, 0.3) is 0 Å². The maximum atomic E-state index is 5.43. The van der Waals surface area contributed by atoms with E-state index in [1.54, 1.807) is 0 Å². The molecule has 0 radical (unpaired) electrons. The van der Waals surface area contributed by atoms with Crippen LogP contribution in [0, 0.1) is 5.41 Å². The highest BCUT2D eigenvalue weighted by molar-refractivity contribution is 4.87. The quantitative estimate of drug-likeness (QED) is 0.536. The van der Waals surface area contributed by atoms with E-state index in [1.807, 2.05) is 0 Å².